The summed E-state index contributed by atoms with van der Waals surface area (Å²) in [6.07, 6.45) is 3.51. The van der Waals surface area contributed by atoms with Gasteiger partial charge in [-0.05, 0) is 50.8 Å². The van der Waals surface area contributed by atoms with Gasteiger partial charge in [-0.1, -0.05) is 0 Å². The van der Waals surface area contributed by atoms with Crippen LogP contribution in [0.4, 0.5) is 8.78 Å². The highest BCUT2D eigenvalue weighted by Crippen LogP contribution is 2.21. The quantitative estimate of drug-likeness (QED) is 0.903. The molecular weight excluding hydrogens is 248 g/mol. The Morgan fingerprint density at radius 3 is 2.79 bits per heavy atom. The molecule has 1 fully saturated rings. The molecule has 0 spiro atoms. The van der Waals surface area contributed by atoms with Crippen molar-refractivity contribution in [2.75, 3.05) is 13.2 Å². The SMILES string of the molecule is Cc1cc(F)c(C(C)NCC2CCCCO2)cc1F. The van der Waals surface area contributed by atoms with Crippen molar-refractivity contribution in [3.63, 3.8) is 0 Å². The molecule has 0 radical (unpaired) electrons. The van der Waals surface area contributed by atoms with Gasteiger partial charge in [-0.25, -0.2) is 8.78 Å². The van der Waals surface area contributed by atoms with Crippen molar-refractivity contribution in [1.29, 1.82) is 0 Å². The summed E-state index contributed by atoms with van der Waals surface area (Å²) in [6.45, 7) is 4.89. The van der Waals surface area contributed by atoms with Gasteiger partial charge in [0, 0.05) is 24.8 Å². The van der Waals surface area contributed by atoms with Crippen LogP contribution in [0.15, 0.2) is 12.1 Å². The molecule has 0 saturated carbocycles. The second kappa shape index (κ2) is 6.44. The second-order valence-corrected chi connectivity index (χ2v) is 5.24. The Hall–Kier alpha value is -1.00. The minimum absolute atomic E-state index is 0.189. The van der Waals surface area contributed by atoms with Crippen molar-refractivity contribution in [3.8, 4) is 0 Å². The van der Waals surface area contributed by atoms with Crippen molar-refractivity contribution in [2.24, 2.45) is 0 Å². The normalized spacial score (nSPS) is 21.4. The van der Waals surface area contributed by atoms with E-state index < -0.39 is 0 Å². The first kappa shape index (κ1) is 14.4. The van der Waals surface area contributed by atoms with Crippen molar-refractivity contribution in [2.45, 2.75) is 45.3 Å². The zero-order valence-corrected chi connectivity index (χ0v) is 11.5. The largest absolute Gasteiger partial charge is 0.377 e. The lowest BCUT2D eigenvalue weighted by Gasteiger charge is -2.25. The van der Waals surface area contributed by atoms with Crippen LogP contribution in [0.2, 0.25) is 0 Å². The Morgan fingerprint density at radius 1 is 1.32 bits per heavy atom. The number of aryl methyl sites for hydroxylation is 1. The van der Waals surface area contributed by atoms with E-state index >= 15 is 0 Å². The van der Waals surface area contributed by atoms with Crippen LogP contribution >= 0.6 is 0 Å². The third-order valence-corrected chi connectivity index (χ3v) is 3.67. The fourth-order valence-electron chi connectivity index (χ4n) is 2.38. The van der Waals surface area contributed by atoms with Gasteiger partial charge in [0.15, 0.2) is 0 Å². The average molecular weight is 269 g/mol. The van der Waals surface area contributed by atoms with E-state index in [1.165, 1.54) is 18.6 Å². The molecule has 1 heterocycles. The first-order valence-corrected chi connectivity index (χ1v) is 6.88. The highest BCUT2D eigenvalue weighted by molar-refractivity contribution is 5.27. The van der Waals surface area contributed by atoms with Crippen molar-refractivity contribution in [1.82, 2.24) is 5.32 Å². The van der Waals surface area contributed by atoms with Gasteiger partial charge in [-0.15, -0.1) is 0 Å². The summed E-state index contributed by atoms with van der Waals surface area (Å²) in [4.78, 5) is 0. The first-order chi connectivity index (χ1) is 9.08. The molecular formula is C15H21F2NO. The van der Waals surface area contributed by atoms with Gasteiger partial charge >= 0.3 is 0 Å². The Labute approximate surface area is 113 Å². The van der Waals surface area contributed by atoms with Crippen LogP contribution in [-0.2, 0) is 4.74 Å². The average Bonchev–Trinajstić information content (AvgIpc) is 2.41. The Balaban J connectivity index is 1.95. The minimum Gasteiger partial charge on any atom is -0.377 e. The Morgan fingerprint density at radius 2 is 2.11 bits per heavy atom. The monoisotopic (exact) mass is 269 g/mol. The second-order valence-electron chi connectivity index (χ2n) is 5.24. The molecule has 2 nitrogen and oxygen atoms in total. The summed E-state index contributed by atoms with van der Waals surface area (Å²) < 4.78 is 32.9. The molecule has 1 aromatic carbocycles. The molecule has 4 heteroatoms. The Kier molecular flexibility index (Phi) is 4.88. The molecule has 0 bridgehead atoms. The van der Waals surface area contributed by atoms with Gasteiger partial charge in [0.25, 0.3) is 0 Å². The van der Waals surface area contributed by atoms with Gasteiger partial charge in [-0.2, -0.15) is 0 Å². The van der Waals surface area contributed by atoms with Crippen molar-refractivity contribution < 1.29 is 13.5 Å². The predicted octanol–water partition coefficient (Wildman–Crippen LogP) is 3.49. The number of halogens is 2. The summed E-state index contributed by atoms with van der Waals surface area (Å²) in [6, 6.07) is 2.31. The summed E-state index contributed by atoms with van der Waals surface area (Å²) in [5, 5.41) is 3.22. The maximum Gasteiger partial charge on any atom is 0.128 e. The van der Waals surface area contributed by atoms with E-state index in [2.05, 4.69) is 5.32 Å². The molecule has 1 N–H and O–H groups in total. The fraction of sp³-hybridized carbons (Fsp3) is 0.600. The lowest BCUT2D eigenvalue weighted by molar-refractivity contribution is 0.0156. The predicted molar refractivity (Wildman–Crippen MR) is 71.1 cm³/mol. The molecule has 19 heavy (non-hydrogen) atoms. The molecule has 0 aliphatic carbocycles. The van der Waals surface area contributed by atoms with Gasteiger partial charge in [0.2, 0.25) is 0 Å². The van der Waals surface area contributed by atoms with Crippen LogP contribution in [0.1, 0.15) is 43.4 Å². The van der Waals surface area contributed by atoms with Crippen LogP contribution in [0, 0.1) is 18.6 Å². The number of rotatable bonds is 4. The number of hydrogen-bond donors (Lipinski definition) is 1. The lowest BCUT2D eigenvalue weighted by Crippen LogP contribution is -2.33. The lowest BCUT2D eigenvalue weighted by atomic mass is 10.0. The number of benzene rings is 1. The zero-order chi connectivity index (χ0) is 13.8. The van der Waals surface area contributed by atoms with Crippen LogP contribution < -0.4 is 5.32 Å². The number of ether oxygens (including phenoxy) is 1. The summed E-state index contributed by atoms with van der Waals surface area (Å²) in [5.74, 6) is -0.720. The molecule has 1 saturated heterocycles. The van der Waals surface area contributed by atoms with Gasteiger partial charge in [0.1, 0.15) is 11.6 Å². The zero-order valence-electron chi connectivity index (χ0n) is 11.5. The molecule has 0 aromatic heterocycles. The van der Waals surface area contributed by atoms with Crippen LogP contribution in [0.3, 0.4) is 0 Å². The molecule has 0 amide bonds. The van der Waals surface area contributed by atoms with Crippen LogP contribution in [0.25, 0.3) is 0 Å². The molecule has 2 atom stereocenters. The number of nitrogens with one attached hydrogen (secondary N) is 1. The Bertz CT molecular complexity index is 430. The molecule has 1 aromatic rings. The topological polar surface area (TPSA) is 21.3 Å². The maximum absolute atomic E-state index is 13.8. The van der Waals surface area contributed by atoms with E-state index in [1.54, 1.807) is 6.92 Å². The van der Waals surface area contributed by atoms with Crippen LogP contribution in [0.5, 0.6) is 0 Å². The van der Waals surface area contributed by atoms with Gasteiger partial charge < -0.3 is 10.1 Å². The minimum atomic E-state index is -0.362. The summed E-state index contributed by atoms with van der Waals surface area (Å²) >= 11 is 0. The smallest absolute Gasteiger partial charge is 0.128 e. The summed E-state index contributed by atoms with van der Waals surface area (Å²) in [7, 11) is 0. The van der Waals surface area contributed by atoms with Crippen molar-refractivity contribution >= 4 is 0 Å². The fourth-order valence-corrected chi connectivity index (χ4v) is 2.38. The first-order valence-electron chi connectivity index (χ1n) is 6.88. The summed E-state index contributed by atoms with van der Waals surface area (Å²) in [5.41, 5.74) is 0.711. The molecule has 1 aliphatic heterocycles. The number of hydrogen-bond acceptors (Lipinski definition) is 2. The van der Waals surface area contributed by atoms with E-state index in [1.807, 2.05) is 6.92 Å². The van der Waals surface area contributed by atoms with E-state index in [0.29, 0.717) is 17.7 Å². The van der Waals surface area contributed by atoms with E-state index in [-0.39, 0.29) is 23.8 Å². The molecule has 2 rings (SSSR count). The van der Waals surface area contributed by atoms with E-state index in [0.717, 1.165) is 19.4 Å². The molecule has 1 aliphatic rings. The van der Waals surface area contributed by atoms with Crippen molar-refractivity contribution in [3.05, 3.63) is 34.9 Å². The third-order valence-electron chi connectivity index (χ3n) is 3.67. The maximum atomic E-state index is 13.8. The highest BCUT2D eigenvalue weighted by Gasteiger charge is 2.17. The van der Waals surface area contributed by atoms with E-state index in [4.69, 9.17) is 4.74 Å². The van der Waals surface area contributed by atoms with Gasteiger partial charge in [-0.3, -0.25) is 0 Å². The van der Waals surface area contributed by atoms with Crippen LogP contribution in [-0.4, -0.2) is 19.3 Å². The third kappa shape index (κ3) is 3.74. The molecule has 106 valence electrons. The highest BCUT2D eigenvalue weighted by atomic mass is 19.1. The van der Waals surface area contributed by atoms with Gasteiger partial charge in [0.05, 0.1) is 6.10 Å². The van der Waals surface area contributed by atoms with E-state index in [9.17, 15) is 8.78 Å². The standard InChI is InChI=1S/C15H21F2NO/c1-10-7-15(17)13(8-14(10)16)11(2)18-9-12-5-3-4-6-19-12/h7-8,11-12,18H,3-6,9H2,1-2H3. The molecule has 2 unspecified atom stereocenters.